The number of hydrogen-bond donors (Lipinski definition) is 0. The number of hydrogen-bond acceptors (Lipinski definition) is 19. The van der Waals surface area contributed by atoms with Gasteiger partial charge >= 0.3 is 41.8 Å². The number of esters is 7. The Morgan fingerprint density at radius 3 is 1.35 bits per heavy atom. The number of carbonyl (C=O) groups is 7. The molecule has 2 saturated heterocycles. The Balaban J connectivity index is 2.73. The number of rotatable bonds is 12. The number of carbonyl (C=O) groups excluding carboxylic acids is 8. The Kier molecular flexibility index (Phi) is 14.2. The second-order valence-corrected chi connectivity index (χ2v) is 9.90. The molecule has 19 heteroatoms. The Morgan fingerprint density at radius 1 is 0.522 bits per heavy atom. The molecule has 0 spiro atoms. The van der Waals surface area contributed by atoms with Crippen LogP contribution >= 0.6 is 0 Å². The van der Waals surface area contributed by atoms with Crippen LogP contribution in [0.2, 0.25) is 0 Å². The topological polar surface area (TPSA) is 241 Å². The largest absolute Gasteiger partial charge is 0.463 e. The van der Waals surface area contributed by atoms with E-state index in [0.29, 0.717) is 0 Å². The molecule has 0 N–H and O–H groups in total. The molecule has 0 aromatic rings. The first-order chi connectivity index (χ1) is 21.5. The molecular weight excluding hydrogens is 626 g/mol. The van der Waals surface area contributed by atoms with Crippen LogP contribution in [-0.2, 0) is 85.7 Å². The molecule has 0 bridgehead atoms. The van der Waals surface area contributed by atoms with E-state index in [-0.39, 0.29) is 0 Å². The molecule has 0 radical (unpaired) electrons. The summed E-state index contributed by atoms with van der Waals surface area (Å²) in [4.78, 5) is 98.7. The van der Waals surface area contributed by atoms with Crippen molar-refractivity contribution in [3.63, 3.8) is 0 Å². The van der Waals surface area contributed by atoms with Gasteiger partial charge in [0.1, 0.15) is 31.5 Å². The van der Waals surface area contributed by atoms with Gasteiger partial charge in [0.25, 0.3) is 0 Å². The lowest BCUT2D eigenvalue weighted by molar-refractivity contribution is -0.344. The average molecular weight is 662 g/mol. The van der Waals surface area contributed by atoms with Crippen LogP contribution in [0.15, 0.2) is 4.99 Å². The third-order valence-corrected chi connectivity index (χ3v) is 6.08. The predicted octanol–water partition coefficient (Wildman–Crippen LogP) is -1.06. The van der Waals surface area contributed by atoms with Crippen molar-refractivity contribution in [2.45, 2.75) is 110 Å². The minimum Gasteiger partial charge on any atom is -0.463 e. The fraction of sp³-hybridized carbons (Fsp3) is 0.704. The van der Waals surface area contributed by atoms with Gasteiger partial charge < -0.3 is 47.4 Å². The molecule has 46 heavy (non-hydrogen) atoms. The van der Waals surface area contributed by atoms with Gasteiger partial charge in [0.2, 0.25) is 12.3 Å². The monoisotopic (exact) mass is 661 g/mol. The third-order valence-electron chi connectivity index (χ3n) is 6.08. The normalized spacial score (nSPS) is 30.3. The third kappa shape index (κ3) is 11.2. The van der Waals surface area contributed by atoms with Gasteiger partial charge in [-0.3, -0.25) is 33.6 Å². The van der Waals surface area contributed by atoms with Crippen LogP contribution in [0.1, 0.15) is 48.5 Å². The van der Waals surface area contributed by atoms with Crippen molar-refractivity contribution in [3.8, 4) is 0 Å². The second-order valence-electron chi connectivity index (χ2n) is 9.90. The van der Waals surface area contributed by atoms with Crippen LogP contribution in [0.3, 0.4) is 0 Å². The van der Waals surface area contributed by atoms with Crippen molar-refractivity contribution >= 4 is 47.9 Å². The Hall–Kier alpha value is -4.45. The van der Waals surface area contributed by atoms with E-state index in [9.17, 15) is 38.4 Å². The number of ether oxygens (including phenoxy) is 10. The van der Waals surface area contributed by atoms with Crippen molar-refractivity contribution < 1.29 is 85.7 Å². The molecule has 2 aliphatic rings. The predicted molar refractivity (Wildman–Crippen MR) is 141 cm³/mol. The summed E-state index contributed by atoms with van der Waals surface area (Å²) in [5.41, 5.74) is 0. The standard InChI is InChI=1S/C27H35NO18/c1-11(30)37-8-18-21(22(40-14(4)33)24(42-16(6)35)26(44-18)28-10-29)46-27-25(43-17(7)36)23(41-15(5)34)20(39-13(3)32)19(45-27)9-38-12(2)31/h18-27H,8-9H2,1-7H3. The van der Waals surface area contributed by atoms with Gasteiger partial charge in [0, 0.05) is 48.5 Å². The smallest absolute Gasteiger partial charge is 0.303 e. The average Bonchev–Trinajstić information content (AvgIpc) is 2.91. The van der Waals surface area contributed by atoms with Crippen molar-refractivity contribution in [2.75, 3.05) is 13.2 Å². The minimum atomic E-state index is -1.82. The summed E-state index contributed by atoms with van der Waals surface area (Å²) in [6.45, 7) is 6.02. The van der Waals surface area contributed by atoms with Gasteiger partial charge in [0.15, 0.2) is 36.8 Å². The Bertz CT molecular complexity index is 1210. The summed E-state index contributed by atoms with van der Waals surface area (Å²) in [7, 11) is 0. The molecule has 256 valence electrons. The molecule has 2 fully saturated rings. The molecule has 2 heterocycles. The lowest BCUT2D eigenvalue weighted by Crippen LogP contribution is -2.67. The molecule has 0 aromatic heterocycles. The van der Waals surface area contributed by atoms with Crippen LogP contribution in [0.25, 0.3) is 0 Å². The molecular formula is C27H35NO18. The Morgan fingerprint density at radius 2 is 0.913 bits per heavy atom. The van der Waals surface area contributed by atoms with E-state index >= 15 is 0 Å². The summed E-state index contributed by atoms with van der Waals surface area (Å²) in [6, 6.07) is 0. The number of isocyanates is 1. The fourth-order valence-corrected chi connectivity index (χ4v) is 4.65. The zero-order valence-corrected chi connectivity index (χ0v) is 26.0. The lowest BCUT2D eigenvalue weighted by Gasteiger charge is -2.48. The number of aliphatic imine (C=N–C) groups is 1. The number of nitrogens with zero attached hydrogens (tertiary/aromatic N) is 1. The first kappa shape index (κ1) is 37.7. The molecule has 10 unspecified atom stereocenters. The highest BCUT2D eigenvalue weighted by atomic mass is 16.8. The highest BCUT2D eigenvalue weighted by molar-refractivity contribution is 5.69. The van der Waals surface area contributed by atoms with Gasteiger partial charge in [-0.25, -0.2) is 4.79 Å². The van der Waals surface area contributed by atoms with Crippen LogP contribution in [0.4, 0.5) is 0 Å². The van der Waals surface area contributed by atoms with Crippen LogP contribution in [0, 0.1) is 0 Å². The van der Waals surface area contributed by atoms with Gasteiger partial charge in [0.05, 0.1) is 0 Å². The van der Waals surface area contributed by atoms with Crippen LogP contribution in [-0.4, -0.2) is 122 Å². The van der Waals surface area contributed by atoms with Crippen molar-refractivity contribution in [1.29, 1.82) is 0 Å². The summed E-state index contributed by atoms with van der Waals surface area (Å²) in [5.74, 6) is -6.12. The molecule has 19 nitrogen and oxygen atoms in total. The second kappa shape index (κ2) is 17.3. The van der Waals surface area contributed by atoms with Crippen molar-refractivity contribution in [2.24, 2.45) is 4.99 Å². The van der Waals surface area contributed by atoms with Gasteiger partial charge in [-0.2, -0.15) is 4.99 Å². The van der Waals surface area contributed by atoms with E-state index in [0.717, 1.165) is 48.5 Å². The maximum Gasteiger partial charge on any atom is 0.303 e. The maximum absolute atomic E-state index is 12.2. The summed E-state index contributed by atoms with van der Waals surface area (Å²) in [5, 5.41) is 0. The highest BCUT2D eigenvalue weighted by Gasteiger charge is 2.57. The van der Waals surface area contributed by atoms with Gasteiger partial charge in [-0.1, -0.05) is 0 Å². The lowest BCUT2D eigenvalue weighted by atomic mass is 9.95. The van der Waals surface area contributed by atoms with Crippen LogP contribution < -0.4 is 0 Å². The van der Waals surface area contributed by atoms with Crippen molar-refractivity contribution in [1.82, 2.24) is 0 Å². The first-order valence-corrected chi connectivity index (χ1v) is 13.7. The van der Waals surface area contributed by atoms with Crippen molar-refractivity contribution in [3.05, 3.63) is 0 Å². The van der Waals surface area contributed by atoms with E-state index in [1.807, 2.05) is 0 Å². The van der Waals surface area contributed by atoms with E-state index in [2.05, 4.69) is 4.99 Å². The molecule has 2 rings (SSSR count). The van der Waals surface area contributed by atoms with E-state index in [1.54, 1.807) is 0 Å². The fourth-order valence-electron chi connectivity index (χ4n) is 4.65. The van der Waals surface area contributed by atoms with E-state index in [4.69, 9.17) is 47.4 Å². The molecule has 0 aromatic carbocycles. The molecule has 0 amide bonds. The summed E-state index contributed by atoms with van der Waals surface area (Å²) < 4.78 is 54.8. The highest BCUT2D eigenvalue weighted by Crippen LogP contribution is 2.35. The quantitative estimate of drug-likeness (QED) is 0.105. The van der Waals surface area contributed by atoms with Gasteiger partial charge in [-0.15, -0.1) is 0 Å². The van der Waals surface area contributed by atoms with Gasteiger partial charge in [-0.05, 0) is 0 Å². The molecule has 2 aliphatic heterocycles. The molecule has 0 aliphatic carbocycles. The summed E-state index contributed by atoms with van der Waals surface area (Å²) >= 11 is 0. The minimum absolute atomic E-state index is 0.588. The zero-order valence-electron chi connectivity index (χ0n) is 26.0. The zero-order chi connectivity index (χ0) is 34.7. The SMILES string of the molecule is CC(=O)OCC1OC(N=C=O)C(OC(C)=O)C(OC(C)=O)C1OC1OC(COC(C)=O)C(OC(C)=O)C(OC(C)=O)C1OC(C)=O. The van der Waals surface area contributed by atoms with Crippen LogP contribution in [0.5, 0.6) is 0 Å². The first-order valence-electron chi connectivity index (χ1n) is 13.7. The molecule has 0 saturated carbocycles. The van der Waals surface area contributed by atoms with E-state index < -0.39 is 116 Å². The Labute approximate surface area is 262 Å². The summed E-state index contributed by atoms with van der Waals surface area (Å²) in [6.07, 6.45) is -14.9. The van der Waals surface area contributed by atoms with E-state index in [1.165, 1.54) is 6.08 Å². The maximum atomic E-state index is 12.2. The molecule has 10 atom stereocenters.